The highest BCUT2D eigenvalue weighted by Gasteiger charge is 1.58. The molecule has 0 saturated carbocycles. The molecule has 0 amide bonds. The van der Waals surface area contributed by atoms with Crippen LogP contribution in [0, 0.1) is 0 Å². The van der Waals surface area contributed by atoms with Crippen LogP contribution in [-0.2, 0) is 0 Å². The molecule has 2 heteroatoms. The van der Waals surface area contributed by atoms with Crippen LogP contribution in [0.2, 0.25) is 0 Å². The van der Waals surface area contributed by atoms with Gasteiger partial charge in [0.25, 0.3) is 0 Å². The Morgan fingerprint density at radius 1 is 1.60 bits per heavy atom. The molecule has 0 aliphatic heterocycles. The van der Waals surface area contributed by atoms with Crippen LogP contribution in [-0.4, -0.2) is 22.7 Å². The molecule has 0 radical (unpaired) electrons. The highest BCUT2D eigenvalue weighted by atomic mass is 79.9. The standard InChI is InChI=1S/C3H7Br.Al.3H/c1-2-3-4;;;;/h2-3H2,1H3;;;;. The van der Waals surface area contributed by atoms with Gasteiger partial charge >= 0.3 is 0 Å². The van der Waals surface area contributed by atoms with Crippen LogP contribution in [0.15, 0.2) is 0 Å². The number of halogens is 1. The Kier molecular flexibility index (Phi) is 16.7. The normalized spacial score (nSPS) is 6.00. The first kappa shape index (κ1) is 9.38. The van der Waals surface area contributed by atoms with Gasteiger partial charge in [0.05, 0.1) is 0 Å². The lowest BCUT2D eigenvalue weighted by Gasteiger charge is -1.66. The fourth-order valence-electron chi connectivity index (χ4n) is 0. The van der Waals surface area contributed by atoms with Crippen molar-refractivity contribution in [2.75, 3.05) is 5.33 Å². The van der Waals surface area contributed by atoms with Crippen molar-refractivity contribution in [1.82, 2.24) is 0 Å². The predicted octanol–water partition coefficient (Wildman–Crippen LogP) is 0.607. The van der Waals surface area contributed by atoms with E-state index in [1.165, 1.54) is 6.42 Å². The van der Waals surface area contributed by atoms with Crippen molar-refractivity contribution in [2.24, 2.45) is 0 Å². The van der Waals surface area contributed by atoms with Crippen LogP contribution in [0.25, 0.3) is 0 Å². The van der Waals surface area contributed by atoms with Crippen LogP contribution in [0.4, 0.5) is 0 Å². The molecule has 0 aromatic carbocycles. The molecule has 0 N–H and O–H groups in total. The Bertz CT molecular complexity index is 8.85. The molecule has 0 atom stereocenters. The zero-order chi connectivity index (χ0) is 3.41. The second-order valence-electron chi connectivity index (χ2n) is 0.689. The average molecular weight is 153 g/mol. The van der Waals surface area contributed by atoms with E-state index in [0.29, 0.717) is 0 Å². The molecule has 0 aliphatic carbocycles. The fraction of sp³-hybridized carbons (Fsp3) is 1.00. The predicted molar refractivity (Wildman–Crippen MR) is 34.0 cm³/mol. The topological polar surface area (TPSA) is 0 Å². The summed E-state index contributed by atoms with van der Waals surface area (Å²) in [4.78, 5) is 0. The molecule has 0 heterocycles. The van der Waals surface area contributed by atoms with E-state index in [1.807, 2.05) is 0 Å². The van der Waals surface area contributed by atoms with Crippen molar-refractivity contribution in [1.29, 1.82) is 0 Å². The third-order valence-electron chi connectivity index (χ3n) is 0.189. The summed E-state index contributed by atoms with van der Waals surface area (Å²) >= 11 is 3.25. The summed E-state index contributed by atoms with van der Waals surface area (Å²) in [7, 11) is 0. The van der Waals surface area contributed by atoms with Crippen LogP contribution in [0.3, 0.4) is 0 Å². The van der Waals surface area contributed by atoms with Gasteiger partial charge in [-0.15, -0.1) is 0 Å². The molecule has 0 bridgehead atoms. The van der Waals surface area contributed by atoms with E-state index in [4.69, 9.17) is 0 Å². The number of hydrogen-bond donors (Lipinski definition) is 0. The van der Waals surface area contributed by atoms with Gasteiger partial charge in [-0.2, -0.15) is 0 Å². The minimum Gasteiger partial charge on any atom is -0.0928 e. The summed E-state index contributed by atoms with van der Waals surface area (Å²) in [5.41, 5.74) is 0. The van der Waals surface area contributed by atoms with Crippen LogP contribution in [0.1, 0.15) is 13.3 Å². The Balaban J connectivity index is 0. The monoisotopic (exact) mass is 152 g/mol. The molecule has 0 fully saturated rings. The van der Waals surface area contributed by atoms with E-state index in [2.05, 4.69) is 22.9 Å². The molecule has 0 unspecified atom stereocenters. The highest BCUT2D eigenvalue weighted by Crippen LogP contribution is 1.80. The van der Waals surface area contributed by atoms with E-state index in [9.17, 15) is 0 Å². The zero-order valence-corrected chi connectivity index (χ0v) is 4.38. The maximum atomic E-state index is 3.25. The summed E-state index contributed by atoms with van der Waals surface area (Å²) < 4.78 is 0. The lowest BCUT2D eigenvalue weighted by atomic mass is 10.6. The van der Waals surface area contributed by atoms with E-state index in [1.54, 1.807) is 0 Å². The van der Waals surface area contributed by atoms with Gasteiger partial charge in [-0.25, -0.2) is 0 Å². The smallest absolute Gasteiger partial charge is 0.0928 e. The SMILES string of the molecule is CCCBr.[AlH3]. The van der Waals surface area contributed by atoms with Gasteiger partial charge in [-0.1, -0.05) is 22.9 Å². The Morgan fingerprint density at radius 3 is 1.80 bits per heavy atom. The molecule has 0 nitrogen and oxygen atoms in total. The van der Waals surface area contributed by atoms with Gasteiger partial charge in [-0.3, -0.25) is 0 Å². The van der Waals surface area contributed by atoms with Crippen molar-refractivity contribution in [3.8, 4) is 0 Å². The fourth-order valence-corrected chi connectivity index (χ4v) is 0. The van der Waals surface area contributed by atoms with Crippen molar-refractivity contribution in [3.63, 3.8) is 0 Å². The third-order valence-corrected chi connectivity index (χ3v) is 0.982. The first-order chi connectivity index (χ1) is 1.91. The van der Waals surface area contributed by atoms with E-state index in [-0.39, 0.29) is 17.4 Å². The minimum absolute atomic E-state index is 0. The molecule has 0 aromatic rings. The van der Waals surface area contributed by atoms with E-state index >= 15 is 0 Å². The number of rotatable bonds is 1. The van der Waals surface area contributed by atoms with Crippen LogP contribution in [0.5, 0.6) is 0 Å². The molecule has 0 aliphatic rings. The van der Waals surface area contributed by atoms with Gasteiger partial charge in [0.2, 0.25) is 0 Å². The largest absolute Gasteiger partial charge is 0.187 e. The van der Waals surface area contributed by atoms with Gasteiger partial charge in [0, 0.05) is 5.33 Å². The Labute approximate surface area is 52.2 Å². The second kappa shape index (κ2) is 8.89. The summed E-state index contributed by atoms with van der Waals surface area (Å²) in [5.74, 6) is 0. The Morgan fingerprint density at radius 2 is 1.80 bits per heavy atom. The van der Waals surface area contributed by atoms with Gasteiger partial charge in [0.15, 0.2) is 17.4 Å². The van der Waals surface area contributed by atoms with Crippen molar-refractivity contribution in [3.05, 3.63) is 0 Å². The van der Waals surface area contributed by atoms with E-state index < -0.39 is 0 Å². The zero-order valence-electron chi connectivity index (χ0n) is 2.79. The lowest BCUT2D eigenvalue weighted by molar-refractivity contribution is 1.12. The van der Waals surface area contributed by atoms with Gasteiger partial charge < -0.3 is 0 Å². The molecule has 0 rings (SSSR count). The molecule has 0 spiro atoms. The summed E-state index contributed by atoms with van der Waals surface area (Å²) in [5, 5.41) is 1.13. The van der Waals surface area contributed by atoms with Crippen molar-refractivity contribution < 1.29 is 0 Å². The molecule has 0 aromatic heterocycles. The van der Waals surface area contributed by atoms with Crippen LogP contribution < -0.4 is 0 Å². The number of alkyl halides is 1. The lowest BCUT2D eigenvalue weighted by Crippen LogP contribution is -1.54. The molecule has 5 heavy (non-hydrogen) atoms. The maximum absolute atomic E-state index is 3.25. The Hall–Kier alpha value is 1.01. The van der Waals surface area contributed by atoms with Crippen molar-refractivity contribution >= 4 is 33.3 Å². The first-order valence-corrected chi connectivity index (χ1v) is 2.60. The first-order valence-electron chi connectivity index (χ1n) is 1.47. The highest BCUT2D eigenvalue weighted by molar-refractivity contribution is 9.09. The molecular weight excluding hydrogens is 143 g/mol. The third kappa shape index (κ3) is 11.2. The average Bonchev–Trinajstić information content (AvgIpc) is 1.37. The summed E-state index contributed by atoms with van der Waals surface area (Å²) in [6.07, 6.45) is 1.24. The molecular formula is C3H10AlBr. The molecule has 32 valence electrons. The summed E-state index contributed by atoms with van der Waals surface area (Å²) in [6.45, 7) is 2.13. The van der Waals surface area contributed by atoms with Crippen LogP contribution >= 0.6 is 15.9 Å². The number of hydrogen-bond acceptors (Lipinski definition) is 0. The second-order valence-corrected chi connectivity index (χ2v) is 1.48. The van der Waals surface area contributed by atoms with Crippen molar-refractivity contribution in [2.45, 2.75) is 13.3 Å². The van der Waals surface area contributed by atoms with Gasteiger partial charge in [-0.05, 0) is 6.42 Å². The molecule has 0 saturated heterocycles. The summed E-state index contributed by atoms with van der Waals surface area (Å²) in [6, 6.07) is 0. The van der Waals surface area contributed by atoms with E-state index in [0.717, 1.165) is 5.33 Å². The van der Waals surface area contributed by atoms with Gasteiger partial charge in [0.1, 0.15) is 0 Å². The maximum Gasteiger partial charge on any atom is 0.187 e. The quantitative estimate of drug-likeness (QED) is 0.382. The minimum atomic E-state index is 0.